The molecule has 0 N–H and O–H groups in total. The van der Waals surface area contributed by atoms with E-state index in [1.54, 1.807) is 20.8 Å². The molecule has 88 valence electrons. The van der Waals surface area contributed by atoms with Crippen molar-refractivity contribution in [2.24, 2.45) is 4.40 Å². The molecule has 0 aliphatic rings. The smallest absolute Gasteiger partial charge is 0.159 e. The molecule has 0 heterocycles. The quantitative estimate of drug-likeness (QED) is 0.737. The predicted octanol–water partition coefficient (Wildman–Crippen LogP) is 2.85. The molecule has 0 radical (unpaired) electrons. The zero-order valence-electron chi connectivity index (χ0n) is 9.33. The molecule has 0 saturated carbocycles. The molecule has 0 bridgehead atoms. The molecule has 1 unspecified atom stereocenters. The Labute approximate surface area is 96.0 Å². The third kappa shape index (κ3) is 3.48. The molecule has 16 heavy (non-hydrogen) atoms. The number of halogens is 2. The van der Waals surface area contributed by atoms with Crippen LogP contribution in [0.15, 0.2) is 22.6 Å². The molecule has 0 aliphatic heterocycles. The Bertz CT molecular complexity index is 438. The van der Waals surface area contributed by atoms with Crippen LogP contribution in [-0.4, -0.2) is 15.2 Å². The van der Waals surface area contributed by atoms with Crippen molar-refractivity contribution in [3.63, 3.8) is 0 Å². The Morgan fingerprint density at radius 2 is 1.88 bits per heavy atom. The van der Waals surface area contributed by atoms with Gasteiger partial charge in [-0.25, -0.2) is 13.0 Å². The summed E-state index contributed by atoms with van der Waals surface area (Å²) < 4.78 is 40.3. The standard InChI is InChI=1S/C11H13F2NOS/c1-11(2,3)16(15)14-7-8-4-5-9(12)10(13)6-8/h4-7H,1-3H3. The van der Waals surface area contributed by atoms with Crippen LogP contribution in [0.5, 0.6) is 0 Å². The van der Waals surface area contributed by atoms with Gasteiger partial charge >= 0.3 is 0 Å². The second kappa shape index (κ2) is 4.82. The molecule has 2 nitrogen and oxygen atoms in total. The highest BCUT2D eigenvalue weighted by atomic mass is 32.2. The van der Waals surface area contributed by atoms with E-state index in [1.807, 2.05) is 0 Å². The van der Waals surface area contributed by atoms with Crippen molar-refractivity contribution in [3.05, 3.63) is 35.4 Å². The predicted molar refractivity (Wildman–Crippen MR) is 61.8 cm³/mol. The summed E-state index contributed by atoms with van der Waals surface area (Å²) in [6.45, 7) is 5.35. The van der Waals surface area contributed by atoms with Crippen LogP contribution in [0.2, 0.25) is 0 Å². The minimum atomic E-state index is -1.40. The Balaban J connectivity index is 2.85. The summed E-state index contributed by atoms with van der Waals surface area (Å²) in [5.41, 5.74) is 0.386. The molecule has 5 heteroatoms. The topological polar surface area (TPSA) is 29.4 Å². The van der Waals surface area contributed by atoms with Crippen LogP contribution in [0.4, 0.5) is 8.78 Å². The fraction of sp³-hybridized carbons (Fsp3) is 0.364. The average molecular weight is 245 g/mol. The maximum Gasteiger partial charge on any atom is 0.159 e. The van der Waals surface area contributed by atoms with Crippen molar-refractivity contribution in [3.8, 4) is 0 Å². The van der Waals surface area contributed by atoms with Gasteiger partial charge in [0, 0.05) is 6.21 Å². The summed E-state index contributed by atoms with van der Waals surface area (Å²) in [4.78, 5) is 0. The van der Waals surface area contributed by atoms with Crippen molar-refractivity contribution >= 4 is 17.2 Å². The lowest BCUT2D eigenvalue weighted by Gasteiger charge is -2.12. The first-order valence-corrected chi connectivity index (χ1v) is 5.82. The van der Waals surface area contributed by atoms with E-state index in [2.05, 4.69) is 4.40 Å². The Morgan fingerprint density at radius 1 is 1.25 bits per heavy atom. The monoisotopic (exact) mass is 245 g/mol. The van der Waals surface area contributed by atoms with Crippen LogP contribution < -0.4 is 0 Å². The van der Waals surface area contributed by atoms with Crippen molar-refractivity contribution in [1.29, 1.82) is 0 Å². The molecule has 0 saturated heterocycles. The highest BCUT2D eigenvalue weighted by Gasteiger charge is 2.18. The van der Waals surface area contributed by atoms with Crippen molar-refractivity contribution < 1.29 is 13.0 Å². The van der Waals surface area contributed by atoms with E-state index in [0.717, 1.165) is 12.1 Å². The van der Waals surface area contributed by atoms with Crippen LogP contribution in [0.25, 0.3) is 0 Å². The van der Waals surface area contributed by atoms with E-state index < -0.39 is 27.4 Å². The van der Waals surface area contributed by atoms with Crippen molar-refractivity contribution in [2.45, 2.75) is 25.5 Å². The fourth-order valence-corrected chi connectivity index (χ4v) is 1.39. The van der Waals surface area contributed by atoms with Crippen molar-refractivity contribution in [1.82, 2.24) is 0 Å². The Hall–Kier alpha value is -1.10. The van der Waals surface area contributed by atoms with Crippen LogP contribution in [0.1, 0.15) is 26.3 Å². The van der Waals surface area contributed by atoms with E-state index in [1.165, 1.54) is 12.3 Å². The van der Waals surface area contributed by atoms with Gasteiger partial charge in [-0.1, -0.05) is 6.07 Å². The lowest BCUT2D eigenvalue weighted by molar-refractivity contribution is 0.508. The molecule has 0 fully saturated rings. The van der Waals surface area contributed by atoms with Gasteiger partial charge in [0.2, 0.25) is 0 Å². The number of benzene rings is 1. The van der Waals surface area contributed by atoms with Crippen LogP contribution in [0, 0.1) is 11.6 Å². The molecule has 1 aromatic carbocycles. The van der Waals surface area contributed by atoms with E-state index >= 15 is 0 Å². The zero-order chi connectivity index (χ0) is 12.3. The minimum absolute atomic E-state index is 0.386. The first-order valence-electron chi connectivity index (χ1n) is 4.72. The van der Waals surface area contributed by atoms with Gasteiger partial charge in [-0.15, -0.1) is 0 Å². The lowest BCUT2D eigenvalue weighted by Crippen LogP contribution is -2.19. The van der Waals surface area contributed by atoms with Gasteiger partial charge in [-0.2, -0.15) is 4.40 Å². The van der Waals surface area contributed by atoms with E-state index in [9.17, 15) is 13.0 Å². The molecule has 1 atom stereocenters. The Kier molecular flexibility index (Phi) is 3.91. The van der Waals surface area contributed by atoms with Crippen molar-refractivity contribution in [2.75, 3.05) is 0 Å². The van der Waals surface area contributed by atoms with E-state index in [0.29, 0.717) is 5.56 Å². The molecule has 1 rings (SSSR count). The average Bonchev–Trinajstić information content (AvgIpc) is 2.18. The van der Waals surface area contributed by atoms with E-state index in [4.69, 9.17) is 0 Å². The number of hydrogen-bond donors (Lipinski definition) is 0. The van der Waals surface area contributed by atoms with Crippen LogP contribution >= 0.6 is 0 Å². The van der Waals surface area contributed by atoms with Gasteiger partial charge in [0.05, 0.1) is 4.75 Å². The normalized spacial score (nSPS) is 14.3. The third-order valence-corrected chi connectivity index (χ3v) is 3.11. The maximum absolute atomic E-state index is 12.8. The molecule has 0 amide bonds. The van der Waals surface area contributed by atoms with Gasteiger partial charge in [0.15, 0.2) is 11.6 Å². The SMILES string of the molecule is CC(C)(C)S(=O)N=Cc1ccc(F)c(F)c1. The number of rotatable bonds is 2. The highest BCUT2D eigenvalue weighted by molar-refractivity contribution is 7.85. The van der Waals surface area contributed by atoms with Gasteiger partial charge in [-0.3, -0.25) is 0 Å². The molecular weight excluding hydrogens is 232 g/mol. The summed E-state index contributed by atoms with van der Waals surface area (Å²) in [5, 5.41) is 0. The maximum atomic E-state index is 12.8. The lowest BCUT2D eigenvalue weighted by atomic mass is 10.2. The van der Waals surface area contributed by atoms with Gasteiger partial charge in [-0.05, 0) is 38.5 Å². The Morgan fingerprint density at radius 3 is 2.38 bits per heavy atom. The summed E-state index contributed by atoms with van der Waals surface area (Å²) in [6.07, 6.45) is 1.28. The zero-order valence-corrected chi connectivity index (χ0v) is 10.1. The fourth-order valence-electron chi connectivity index (χ4n) is 0.860. The molecule has 0 aromatic heterocycles. The number of hydrogen-bond acceptors (Lipinski definition) is 1. The summed E-state index contributed by atoms with van der Waals surface area (Å²) in [6, 6.07) is 3.40. The van der Waals surface area contributed by atoms with Gasteiger partial charge < -0.3 is 0 Å². The first-order chi connectivity index (χ1) is 7.30. The summed E-state index contributed by atoms with van der Waals surface area (Å²) in [5.74, 6) is -1.85. The first kappa shape index (κ1) is 13.0. The van der Waals surface area contributed by atoms with E-state index in [-0.39, 0.29) is 0 Å². The molecular formula is C11H13F2NOS. The highest BCUT2D eigenvalue weighted by Crippen LogP contribution is 2.12. The largest absolute Gasteiger partial charge is 0.234 e. The summed E-state index contributed by atoms with van der Waals surface area (Å²) >= 11 is 0. The number of nitrogens with zero attached hydrogens (tertiary/aromatic N) is 1. The van der Waals surface area contributed by atoms with Crippen LogP contribution in [-0.2, 0) is 11.0 Å². The minimum Gasteiger partial charge on any atom is -0.234 e. The van der Waals surface area contributed by atoms with Gasteiger partial charge in [0.1, 0.15) is 11.0 Å². The van der Waals surface area contributed by atoms with Gasteiger partial charge in [0.25, 0.3) is 0 Å². The van der Waals surface area contributed by atoms with Crippen LogP contribution in [0.3, 0.4) is 0 Å². The summed E-state index contributed by atoms with van der Waals surface area (Å²) in [7, 11) is -1.40. The second-order valence-electron chi connectivity index (χ2n) is 4.27. The molecule has 1 aromatic rings. The molecule has 0 spiro atoms. The third-order valence-electron chi connectivity index (χ3n) is 1.77. The molecule has 0 aliphatic carbocycles. The second-order valence-corrected chi connectivity index (χ2v) is 6.20.